The average Bonchev–Trinajstić information content (AvgIpc) is 2.97. The number of hydrogen-bond donors (Lipinski definition) is 0. The molecule has 0 radical (unpaired) electrons. The molecule has 1 heteroatoms. The van der Waals surface area contributed by atoms with Crippen LogP contribution in [-0.4, -0.2) is 5.78 Å². The molecule has 0 heterocycles. The molecular formula is C25H40O. The Balaban J connectivity index is 1.69. The molecule has 7 atom stereocenters. The predicted octanol–water partition coefficient (Wildman–Crippen LogP) is 6.96. The molecule has 0 aliphatic heterocycles. The Kier molecular flexibility index (Phi) is 4.89. The summed E-state index contributed by atoms with van der Waals surface area (Å²) in [6.45, 7) is 9.58. The highest BCUT2D eigenvalue weighted by Gasteiger charge is 2.63. The number of carbonyl (C=O) groups is 1. The molecule has 0 spiro atoms. The van der Waals surface area contributed by atoms with Gasteiger partial charge in [0.1, 0.15) is 0 Å². The Hall–Kier alpha value is -0.590. The van der Waals surface area contributed by atoms with Crippen molar-refractivity contribution in [3.63, 3.8) is 0 Å². The summed E-state index contributed by atoms with van der Waals surface area (Å²) in [5, 5.41) is 0. The van der Waals surface area contributed by atoms with Crippen LogP contribution in [0.2, 0.25) is 0 Å². The standard InChI is InChI=1S/C25H40O/c1-5-7-10-17-12-13-20-22-21(14-16-24(17,20)3)25(4)15-9-8-11-19(25)18(6-2)23(22)26/h6,17,19-22H,5,7-16H2,1-4H3/b18-6+. The van der Waals surface area contributed by atoms with Crippen LogP contribution in [0.15, 0.2) is 11.6 Å². The van der Waals surface area contributed by atoms with Gasteiger partial charge in [0.05, 0.1) is 0 Å². The van der Waals surface area contributed by atoms with E-state index in [9.17, 15) is 4.79 Å². The second kappa shape index (κ2) is 6.78. The van der Waals surface area contributed by atoms with E-state index >= 15 is 0 Å². The summed E-state index contributed by atoms with van der Waals surface area (Å²) in [4.78, 5) is 13.7. The van der Waals surface area contributed by atoms with Crippen LogP contribution < -0.4 is 0 Å². The maximum Gasteiger partial charge on any atom is 0.162 e. The molecule has 4 saturated carbocycles. The van der Waals surface area contributed by atoms with E-state index in [1.54, 1.807) is 0 Å². The van der Waals surface area contributed by atoms with Gasteiger partial charge in [0, 0.05) is 5.92 Å². The summed E-state index contributed by atoms with van der Waals surface area (Å²) in [6, 6.07) is 0. The molecule has 26 heavy (non-hydrogen) atoms. The van der Waals surface area contributed by atoms with Gasteiger partial charge in [0.2, 0.25) is 0 Å². The van der Waals surface area contributed by atoms with Crippen molar-refractivity contribution in [2.45, 2.75) is 98.3 Å². The van der Waals surface area contributed by atoms with Crippen LogP contribution in [-0.2, 0) is 4.79 Å². The smallest absolute Gasteiger partial charge is 0.162 e. The van der Waals surface area contributed by atoms with Crippen molar-refractivity contribution < 1.29 is 4.79 Å². The summed E-state index contributed by atoms with van der Waals surface area (Å²) in [6.07, 6.45) is 17.0. The first-order chi connectivity index (χ1) is 12.5. The van der Waals surface area contributed by atoms with Crippen LogP contribution in [0, 0.1) is 40.4 Å². The zero-order chi connectivity index (χ0) is 18.5. The molecule has 4 rings (SSSR count). The molecule has 4 aliphatic rings. The third kappa shape index (κ3) is 2.51. The lowest BCUT2D eigenvalue weighted by atomic mass is 9.43. The Bertz CT molecular complexity index is 589. The third-order valence-corrected chi connectivity index (χ3v) is 9.75. The summed E-state index contributed by atoms with van der Waals surface area (Å²) < 4.78 is 0. The van der Waals surface area contributed by atoms with Crippen molar-refractivity contribution in [2.75, 3.05) is 0 Å². The van der Waals surface area contributed by atoms with Crippen LogP contribution in [0.3, 0.4) is 0 Å². The van der Waals surface area contributed by atoms with Crippen molar-refractivity contribution in [3.8, 4) is 0 Å². The third-order valence-electron chi connectivity index (χ3n) is 9.75. The van der Waals surface area contributed by atoms with Crippen molar-refractivity contribution >= 4 is 5.78 Å². The average molecular weight is 357 g/mol. The maximum atomic E-state index is 13.7. The lowest BCUT2D eigenvalue weighted by Crippen LogP contribution is -2.57. The van der Waals surface area contributed by atoms with E-state index in [2.05, 4.69) is 33.8 Å². The van der Waals surface area contributed by atoms with E-state index in [0.29, 0.717) is 40.3 Å². The molecule has 1 nitrogen and oxygen atoms in total. The summed E-state index contributed by atoms with van der Waals surface area (Å²) in [5.41, 5.74) is 2.05. The normalized spacial score (nSPS) is 49.6. The fraction of sp³-hybridized carbons (Fsp3) is 0.880. The zero-order valence-electron chi connectivity index (χ0n) is 17.7. The Labute approximate surface area is 161 Å². The predicted molar refractivity (Wildman–Crippen MR) is 109 cm³/mol. The largest absolute Gasteiger partial charge is 0.294 e. The molecule has 4 aliphatic carbocycles. The lowest BCUT2D eigenvalue weighted by Gasteiger charge is -2.60. The highest BCUT2D eigenvalue weighted by molar-refractivity contribution is 5.99. The van der Waals surface area contributed by atoms with E-state index in [1.807, 2.05) is 0 Å². The fourth-order valence-corrected chi connectivity index (χ4v) is 8.30. The second-order valence-corrected chi connectivity index (χ2v) is 10.6. The quantitative estimate of drug-likeness (QED) is 0.499. The molecule has 146 valence electrons. The van der Waals surface area contributed by atoms with Crippen molar-refractivity contribution in [1.29, 1.82) is 0 Å². The number of carbonyl (C=O) groups excluding carboxylic acids is 1. The van der Waals surface area contributed by atoms with E-state index in [1.165, 1.54) is 76.2 Å². The molecule has 0 amide bonds. The van der Waals surface area contributed by atoms with Crippen LogP contribution in [0.25, 0.3) is 0 Å². The summed E-state index contributed by atoms with van der Waals surface area (Å²) >= 11 is 0. The molecule has 0 saturated heterocycles. The first-order valence-electron chi connectivity index (χ1n) is 11.7. The number of Topliss-reactive ketones (excluding diaryl/α,β-unsaturated/α-hetero) is 1. The SMILES string of the molecule is C/C=C1/C(=O)C2C3CCC(CCCC)C3(C)CCC2C2(C)CCCCC12. The first kappa shape index (κ1) is 18.8. The lowest BCUT2D eigenvalue weighted by molar-refractivity contribution is -0.145. The second-order valence-electron chi connectivity index (χ2n) is 10.6. The number of allylic oxidation sites excluding steroid dienone is 2. The molecule has 0 N–H and O–H groups in total. The molecule has 7 unspecified atom stereocenters. The first-order valence-corrected chi connectivity index (χ1v) is 11.7. The van der Waals surface area contributed by atoms with Gasteiger partial charge in [-0.2, -0.15) is 0 Å². The van der Waals surface area contributed by atoms with Crippen LogP contribution >= 0.6 is 0 Å². The van der Waals surface area contributed by atoms with Crippen LogP contribution in [0.1, 0.15) is 98.3 Å². The van der Waals surface area contributed by atoms with Crippen molar-refractivity contribution in [1.82, 2.24) is 0 Å². The Morgan fingerprint density at radius 1 is 1.00 bits per heavy atom. The number of hydrogen-bond acceptors (Lipinski definition) is 1. The van der Waals surface area contributed by atoms with Gasteiger partial charge in [-0.15, -0.1) is 0 Å². The molecule has 0 aromatic carbocycles. The minimum Gasteiger partial charge on any atom is -0.294 e. The Morgan fingerprint density at radius 2 is 1.77 bits per heavy atom. The van der Waals surface area contributed by atoms with E-state index in [-0.39, 0.29) is 0 Å². The Morgan fingerprint density at radius 3 is 2.50 bits per heavy atom. The zero-order valence-corrected chi connectivity index (χ0v) is 17.7. The van der Waals surface area contributed by atoms with Crippen molar-refractivity contribution in [2.24, 2.45) is 40.4 Å². The van der Waals surface area contributed by atoms with Crippen LogP contribution in [0.5, 0.6) is 0 Å². The summed E-state index contributed by atoms with van der Waals surface area (Å²) in [7, 11) is 0. The van der Waals surface area contributed by atoms with Gasteiger partial charge in [0.15, 0.2) is 5.78 Å². The minimum atomic E-state index is 0.339. The van der Waals surface area contributed by atoms with Gasteiger partial charge in [-0.3, -0.25) is 4.79 Å². The summed E-state index contributed by atoms with van der Waals surface area (Å²) in [5.74, 6) is 3.65. The van der Waals surface area contributed by atoms with Crippen molar-refractivity contribution in [3.05, 3.63) is 11.6 Å². The molecule has 0 aromatic heterocycles. The highest BCUT2D eigenvalue weighted by atomic mass is 16.1. The molecule has 0 bridgehead atoms. The molecular weight excluding hydrogens is 316 g/mol. The monoisotopic (exact) mass is 356 g/mol. The number of rotatable bonds is 3. The van der Waals surface area contributed by atoms with Gasteiger partial charge in [-0.1, -0.05) is 52.5 Å². The topological polar surface area (TPSA) is 17.1 Å². The van der Waals surface area contributed by atoms with Crippen LogP contribution in [0.4, 0.5) is 0 Å². The minimum absolute atomic E-state index is 0.339. The number of fused-ring (bicyclic) bond motifs is 5. The number of unbranched alkanes of at least 4 members (excludes halogenated alkanes) is 1. The maximum absolute atomic E-state index is 13.7. The van der Waals surface area contributed by atoms with Gasteiger partial charge in [0.25, 0.3) is 0 Å². The molecule has 0 aromatic rings. The highest BCUT2D eigenvalue weighted by Crippen LogP contribution is 2.67. The van der Waals surface area contributed by atoms with Gasteiger partial charge in [-0.25, -0.2) is 0 Å². The van der Waals surface area contributed by atoms with Gasteiger partial charge in [-0.05, 0) is 91.9 Å². The van der Waals surface area contributed by atoms with Gasteiger partial charge < -0.3 is 0 Å². The molecule has 4 fully saturated rings. The number of ketones is 1. The fourth-order valence-electron chi connectivity index (χ4n) is 8.30. The van der Waals surface area contributed by atoms with E-state index in [0.717, 1.165) is 5.92 Å². The van der Waals surface area contributed by atoms with E-state index < -0.39 is 0 Å². The van der Waals surface area contributed by atoms with E-state index in [4.69, 9.17) is 0 Å². The van der Waals surface area contributed by atoms with Gasteiger partial charge >= 0.3 is 0 Å².